The second-order valence-corrected chi connectivity index (χ2v) is 5.31. The molecule has 1 saturated heterocycles. The minimum Gasteiger partial charge on any atom is -0.378 e. The number of alkyl halides is 1. The van der Waals surface area contributed by atoms with Gasteiger partial charge in [-0.15, -0.1) is 11.6 Å². The van der Waals surface area contributed by atoms with E-state index in [-0.39, 0.29) is 28.0 Å². The van der Waals surface area contributed by atoms with Crippen LogP contribution in [0.3, 0.4) is 0 Å². The number of rotatable bonds is 4. The summed E-state index contributed by atoms with van der Waals surface area (Å²) >= 11 is 6.36. The summed E-state index contributed by atoms with van der Waals surface area (Å²) in [6, 6.07) is 6.77. The molecule has 0 N–H and O–H groups in total. The van der Waals surface area contributed by atoms with Gasteiger partial charge in [0.15, 0.2) is 0 Å². The van der Waals surface area contributed by atoms with E-state index >= 15 is 0 Å². The van der Waals surface area contributed by atoms with Crippen molar-refractivity contribution in [1.82, 2.24) is 0 Å². The van der Waals surface area contributed by atoms with Gasteiger partial charge < -0.3 is 4.74 Å². The van der Waals surface area contributed by atoms with E-state index in [9.17, 15) is 10.1 Å². The lowest BCUT2D eigenvalue weighted by molar-refractivity contribution is -0.385. The van der Waals surface area contributed by atoms with Crippen molar-refractivity contribution < 1.29 is 9.66 Å². The molecule has 3 unspecified atom stereocenters. The molecule has 0 aliphatic carbocycles. The van der Waals surface area contributed by atoms with Crippen molar-refractivity contribution >= 4 is 17.3 Å². The Labute approximate surface area is 111 Å². The molecule has 1 aliphatic heterocycles. The third-order valence-corrected chi connectivity index (χ3v) is 3.85. The number of nitro groups is 1. The molecule has 0 saturated carbocycles. The average Bonchev–Trinajstić information content (AvgIpc) is 2.76. The lowest BCUT2D eigenvalue weighted by Gasteiger charge is -2.15. The minimum atomic E-state index is -0.354. The predicted molar refractivity (Wildman–Crippen MR) is 70.0 cm³/mol. The molecule has 1 fully saturated rings. The molecule has 5 heteroatoms. The monoisotopic (exact) mass is 269 g/mol. The number of benzene rings is 1. The maximum Gasteiger partial charge on any atom is 0.272 e. The molecule has 98 valence electrons. The van der Waals surface area contributed by atoms with Crippen LogP contribution >= 0.6 is 11.6 Å². The summed E-state index contributed by atoms with van der Waals surface area (Å²) in [5, 5.41) is 10.8. The number of nitro benzene ring substituents is 1. The molecule has 1 aromatic carbocycles. The molecular formula is C13H16ClNO3. The van der Waals surface area contributed by atoms with Gasteiger partial charge in [0.25, 0.3) is 5.69 Å². The summed E-state index contributed by atoms with van der Waals surface area (Å²) < 4.78 is 5.48. The number of ether oxygens (including phenoxy) is 1. The Morgan fingerprint density at radius 2 is 2.28 bits per heavy atom. The number of hydrogen-bond acceptors (Lipinski definition) is 3. The molecule has 0 bridgehead atoms. The van der Waals surface area contributed by atoms with Gasteiger partial charge in [0.1, 0.15) is 0 Å². The summed E-state index contributed by atoms with van der Waals surface area (Å²) in [6.45, 7) is 2.67. The molecule has 1 aromatic rings. The topological polar surface area (TPSA) is 52.4 Å². The van der Waals surface area contributed by atoms with Crippen LogP contribution in [0.4, 0.5) is 5.69 Å². The summed E-state index contributed by atoms with van der Waals surface area (Å²) in [5.74, 6) is 0.279. The lowest BCUT2D eigenvalue weighted by Crippen LogP contribution is -2.18. The fraction of sp³-hybridized carbons (Fsp3) is 0.538. The maximum absolute atomic E-state index is 10.9. The standard InChI is InChI=1S/C13H16ClNO3/c1-9-6-11(8-18-9)12(14)7-10-4-2-3-5-13(10)15(16)17/h2-5,9,11-12H,6-8H2,1H3. The first kappa shape index (κ1) is 13.3. The zero-order valence-corrected chi connectivity index (χ0v) is 11.0. The Hall–Kier alpha value is -1.13. The van der Waals surface area contributed by atoms with Gasteiger partial charge in [0.05, 0.1) is 17.6 Å². The van der Waals surface area contributed by atoms with E-state index in [1.54, 1.807) is 18.2 Å². The Morgan fingerprint density at radius 3 is 2.89 bits per heavy atom. The van der Waals surface area contributed by atoms with E-state index in [0.29, 0.717) is 18.6 Å². The minimum absolute atomic E-state index is 0.115. The normalized spacial score (nSPS) is 25.0. The summed E-state index contributed by atoms with van der Waals surface area (Å²) in [7, 11) is 0. The van der Waals surface area contributed by atoms with Gasteiger partial charge in [-0.1, -0.05) is 18.2 Å². The van der Waals surface area contributed by atoms with Crippen LogP contribution in [-0.2, 0) is 11.2 Å². The molecule has 1 heterocycles. The highest BCUT2D eigenvalue weighted by Crippen LogP contribution is 2.30. The van der Waals surface area contributed by atoms with Crippen LogP contribution in [0.2, 0.25) is 0 Å². The molecule has 18 heavy (non-hydrogen) atoms. The predicted octanol–water partition coefficient (Wildman–Crippen LogP) is 3.17. The first-order valence-corrected chi connectivity index (χ1v) is 6.49. The lowest BCUT2D eigenvalue weighted by atomic mass is 9.96. The van der Waals surface area contributed by atoms with Crippen molar-refractivity contribution in [2.24, 2.45) is 5.92 Å². The molecule has 0 amide bonds. The van der Waals surface area contributed by atoms with Gasteiger partial charge in [-0.05, 0) is 19.8 Å². The second-order valence-electron chi connectivity index (χ2n) is 4.75. The highest BCUT2D eigenvalue weighted by molar-refractivity contribution is 6.21. The van der Waals surface area contributed by atoms with Crippen LogP contribution in [0.5, 0.6) is 0 Å². The highest BCUT2D eigenvalue weighted by atomic mass is 35.5. The van der Waals surface area contributed by atoms with E-state index in [4.69, 9.17) is 16.3 Å². The third-order valence-electron chi connectivity index (χ3n) is 3.34. The van der Waals surface area contributed by atoms with Crippen molar-refractivity contribution in [3.63, 3.8) is 0 Å². The second kappa shape index (κ2) is 5.67. The molecular weight excluding hydrogens is 254 g/mol. The number of hydrogen-bond donors (Lipinski definition) is 0. The molecule has 0 spiro atoms. The van der Waals surface area contributed by atoms with E-state index < -0.39 is 0 Å². The molecule has 2 rings (SSSR count). The van der Waals surface area contributed by atoms with E-state index in [1.807, 2.05) is 6.92 Å². The largest absolute Gasteiger partial charge is 0.378 e. The van der Waals surface area contributed by atoms with E-state index in [1.165, 1.54) is 6.07 Å². The average molecular weight is 270 g/mol. The number of halogens is 1. The van der Waals surface area contributed by atoms with E-state index in [0.717, 1.165) is 6.42 Å². The highest BCUT2D eigenvalue weighted by Gasteiger charge is 2.29. The Kier molecular flexibility index (Phi) is 4.19. The van der Waals surface area contributed by atoms with Crippen molar-refractivity contribution in [2.45, 2.75) is 31.2 Å². The summed E-state index contributed by atoms with van der Waals surface area (Å²) in [6.07, 6.45) is 1.68. The van der Waals surface area contributed by atoms with Crippen molar-refractivity contribution in [2.75, 3.05) is 6.61 Å². The zero-order chi connectivity index (χ0) is 13.1. The number of para-hydroxylation sites is 1. The van der Waals surface area contributed by atoms with Gasteiger partial charge in [0, 0.05) is 22.9 Å². The Morgan fingerprint density at radius 1 is 1.56 bits per heavy atom. The molecule has 0 radical (unpaired) electrons. The molecule has 0 aromatic heterocycles. The zero-order valence-electron chi connectivity index (χ0n) is 10.2. The Balaban J connectivity index is 2.07. The van der Waals surface area contributed by atoms with Crippen molar-refractivity contribution in [3.05, 3.63) is 39.9 Å². The fourth-order valence-electron chi connectivity index (χ4n) is 2.34. The molecule has 1 aliphatic rings. The maximum atomic E-state index is 10.9. The van der Waals surface area contributed by atoms with Gasteiger partial charge in [0.2, 0.25) is 0 Å². The van der Waals surface area contributed by atoms with Crippen molar-refractivity contribution in [1.29, 1.82) is 0 Å². The van der Waals surface area contributed by atoms with E-state index in [2.05, 4.69) is 0 Å². The van der Waals surface area contributed by atoms with Gasteiger partial charge in [-0.3, -0.25) is 10.1 Å². The van der Waals surface area contributed by atoms with Crippen LogP contribution in [0.25, 0.3) is 0 Å². The fourth-order valence-corrected chi connectivity index (χ4v) is 2.68. The van der Waals surface area contributed by atoms with Gasteiger partial charge in [-0.2, -0.15) is 0 Å². The number of nitrogens with zero attached hydrogens (tertiary/aromatic N) is 1. The van der Waals surface area contributed by atoms with Crippen LogP contribution < -0.4 is 0 Å². The summed E-state index contributed by atoms with van der Waals surface area (Å²) in [5.41, 5.74) is 0.845. The summed E-state index contributed by atoms with van der Waals surface area (Å²) in [4.78, 5) is 10.6. The smallest absolute Gasteiger partial charge is 0.272 e. The van der Waals surface area contributed by atoms with Crippen LogP contribution in [0.15, 0.2) is 24.3 Å². The first-order valence-electron chi connectivity index (χ1n) is 6.06. The van der Waals surface area contributed by atoms with Gasteiger partial charge in [-0.25, -0.2) is 0 Å². The van der Waals surface area contributed by atoms with Crippen LogP contribution in [-0.4, -0.2) is 23.0 Å². The molecule has 4 nitrogen and oxygen atoms in total. The van der Waals surface area contributed by atoms with Crippen LogP contribution in [0.1, 0.15) is 18.9 Å². The van der Waals surface area contributed by atoms with Crippen molar-refractivity contribution in [3.8, 4) is 0 Å². The first-order chi connectivity index (χ1) is 8.58. The molecule has 3 atom stereocenters. The quantitative estimate of drug-likeness (QED) is 0.479. The van der Waals surface area contributed by atoms with Crippen LogP contribution in [0, 0.1) is 16.0 Å². The van der Waals surface area contributed by atoms with Gasteiger partial charge >= 0.3 is 0 Å². The third kappa shape index (κ3) is 3.00. The SMILES string of the molecule is CC1CC(C(Cl)Cc2ccccc2[N+](=O)[O-])CO1. The Bertz CT molecular complexity index is 438.